The smallest absolute Gasteiger partial charge is 0.186 e. The predicted molar refractivity (Wildman–Crippen MR) is 74.9 cm³/mol. The van der Waals surface area contributed by atoms with Crippen molar-refractivity contribution in [1.82, 2.24) is 5.32 Å². The Hall–Kier alpha value is -1.97. The molecule has 118 valence electrons. The molecule has 0 saturated heterocycles. The number of nitrogens with two attached hydrogens (primary N) is 1. The lowest BCUT2D eigenvalue weighted by Gasteiger charge is -2.37. The topological polar surface area (TPSA) is 161 Å². The molecule has 5 atom stereocenters. The van der Waals surface area contributed by atoms with Crippen LogP contribution in [0.3, 0.4) is 0 Å². The minimum atomic E-state index is -1.47. The first-order valence-electron chi connectivity index (χ1n) is 6.33. The van der Waals surface area contributed by atoms with Crippen molar-refractivity contribution in [2.45, 2.75) is 37.3 Å². The van der Waals surface area contributed by atoms with Gasteiger partial charge in [0.2, 0.25) is 0 Å². The largest absolute Gasteiger partial charge is 0.482 e. The second-order valence-corrected chi connectivity index (χ2v) is 4.49. The van der Waals surface area contributed by atoms with Crippen LogP contribution in [0.25, 0.3) is 0 Å². The van der Waals surface area contributed by atoms with Gasteiger partial charge in [-0.15, -0.1) is 0 Å². The number of nitrogens with zero attached hydrogens (tertiary/aromatic N) is 1. The van der Waals surface area contributed by atoms with Gasteiger partial charge in [0, 0.05) is 0 Å². The van der Waals surface area contributed by atoms with Crippen molar-refractivity contribution in [2.24, 2.45) is 10.7 Å². The van der Waals surface area contributed by atoms with E-state index in [-0.39, 0.29) is 11.7 Å². The minimum Gasteiger partial charge on any atom is -0.482 e. The van der Waals surface area contributed by atoms with E-state index in [1.165, 1.54) is 12.3 Å². The first kappa shape index (κ1) is 17.1. The number of hydrogen-bond acceptors (Lipinski definition) is 7. The van der Waals surface area contributed by atoms with E-state index < -0.39 is 37.0 Å². The van der Waals surface area contributed by atoms with Crippen molar-refractivity contribution in [1.29, 1.82) is 5.41 Å². The molecular weight excluding hydrogens is 280 g/mol. The summed E-state index contributed by atoms with van der Waals surface area (Å²) in [4.78, 5) is 15.1. The molecule has 0 radical (unpaired) electrons. The number of aldehydes is 1. The van der Waals surface area contributed by atoms with Gasteiger partial charge in [0.1, 0.15) is 18.2 Å². The number of carbonyl (C=O) groups excluding carboxylic acids is 1. The summed E-state index contributed by atoms with van der Waals surface area (Å²) in [6, 6.07) is -1.41. The molecule has 0 saturated carbocycles. The summed E-state index contributed by atoms with van der Waals surface area (Å²) >= 11 is 0. The number of ether oxygens (including phenoxy) is 1. The SMILES string of the molecule is C/C=N/[C@H]1[C@H]([C@H](O)[C@H](O)CO)OC(C=O)=C[C@@H]1NC(=N)N. The van der Waals surface area contributed by atoms with Crippen LogP contribution in [0.4, 0.5) is 0 Å². The molecule has 0 aliphatic carbocycles. The maximum absolute atomic E-state index is 10.9. The highest BCUT2D eigenvalue weighted by molar-refractivity contribution is 5.76. The number of nitrogens with one attached hydrogen (secondary N) is 2. The first-order chi connectivity index (χ1) is 9.94. The molecule has 0 unspecified atom stereocenters. The third-order valence-electron chi connectivity index (χ3n) is 3.00. The van der Waals surface area contributed by atoms with Crippen LogP contribution in [0.15, 0.2) is 16.8 Å². The van der Waals surface area contributed by atoms with Crippen LogP contribution in [-0.4, -0.2) is 70.8 Å². The van der Waals surface area contributed by atoms with E-state index in [4.69, 9.17) is 21.0 Å². The van der Waals surface area contributed by atoms with Crippen molar-refractivity contribution in [2.75, 3.05) is 6.61 Å². The van der Waals surface area contributed by atoms with Crippen LogP contribution in [0.1, 0.15) is 6.92 Å². The van der Waals surface area contributed by atoms with Crippen molar-refractivity contribution in [3.8, 4) is 0 Å². The van der Waals surface area contributed by atoms with Gasteiger partial charge in [0.25, 0.3) is 0 Å². The number of aliphatic hydroxyl groups excluding tert-OH is 3. The van der Waals surface area contributed by atoms with Gasteiger partial charge in [-0.2, -0.15) is 0 Å². The fourth-order valence-electron chi connectivity index (χ4n) is 2.07. The number of hydrogen-bond donors (Lipinski definition) is 6. The second kappa shape index (κ2) is 7.72. The van der Waals surface area contributed by atoms with Gasteiger partial charge >= 0.3 is 0 Å². The summed E-state index contributed by atoms with van der Waals surface area (Å²) in [6.07, 6.45) is -0.706. The van der Waals surface area contributed by atoms with Crippen LogP contribution in [0.2, 0.25) is 0 Å². The van der Waals surface area contributed by atoms with E-state index in [0.29, 0.717) is 6.29 Å². The molecule has 9 heteroatoms. The molecule has 21 heavy (non-hydrogen) atoms. The summed E-state index contributed by atoms with van der Waals surface area (Å²) in [5.74, 6) is -0.416. The Morgan fingerprint density at radius 2 is 2.33 bits per heavy atom. The molecule has 0 fully saturated rings. The lowest BCUT2D eigenvalue weighted by atomic mass is 9.92. The van der Waals surface area contributed by atoms with Gasteiger partial charge in [-0.05, 0) is 19.2 Å². The highest BCUT2D eigenvalue weighted by Gasteiger charge is 2.41. The highest BCUT2D eigenvalue weighted by atomic mass is 16.5. The summed E-state index contributed by atoms with van der Waals surface area (Å²) < 4.78 is 5.30. The van der Waals surface area contributed by atoms with Crippen LogP contribution < -0.4 is 11.1 Å². The lowest BCUT2D eigenvalue weighted by Crippen LogP contribution is -2.57. The molecule has 0 aromatic carbocycles. The minimum absolute atomic E-state index is 0.0782. The molecule has 0 bridgehead atoms. The van der Waals surface area contributed by atoms with Gasteiger partial charge in [0.15, 0.2) is 24.1 Å². The van der Waals surface area contributed by atoms with E-state index >= 15 is 0 Å². The van der Waals surface area contributed by atoms with Gasteiger partial charge in [-0.25, -0.2) is 0 Å². The summed E-state index contributed by atoms with van der Waals surface area (Å²) in [5, 5.41) is 38.4. The molecule has 0 aromatic rings. The van der Waals surface area contributed by atoms with E-state index in [1.807, 2.05) is 0 Å². The molecule has 9 nitrogen and oxygen atoms in total. The molecule has 1 aliphatic rings. The fourth-order valence-corrected chi connectivity index (χ4v) is 2.07. The van der Waals surface area contributed by atoms with E-state index in [9.17, 15) is 15.0 Å². The van der Waals surface area contributed by atoms with Crippen molar-refractivity contribution >= 4 is 18.5 Å². The third-order valence-corrected chi connectivity index (χ3v) is 3.00. The molecule has 1 heterocycles. The van der Waals surface area contributed by atoms with E-state index in [1.54, 1.807) is 6.92 Å². The van der Waals surface area contributed by atoms with E-state index in [2.05, 4.69) is 10.3 Å². The number of rotatable bonds is 6. The third kappa shape index (κ3) is 4.25. The van der Waals surface area contributed by atoms with Gasteiger partial charge in [0.05, 0.1) is 12.6 Å². The number of aliphatic hydroxyl groups is 3. The molecule has 1 rings (SSSR count). The standard InChI is InChI=1S/C12H20N4O5/c1-2-15-9-7(16-12(13)14)3-6(4-17)21-11(9)10(20)8(19)5-18/h2-4,7-11,18-20H,5H2,1H3,(H4,13,14,16)/b15-2+/t7-,8+,9+,10+,11+/m0/s1. The Kier molecular flexibility index (Phi) is 6.28. The number of aliphatic imine (C=N–C) groups is 1. The highest BCUT2D eigenvalue weighted by Crippen LogP contribution is 2.24. The Bertz CT molecular complexity index is 439. The van der Waals surface area contributed by atoms with Gasteiger partial charge in [-0.3, -0.25) is 15.2 Å². The monoisotopic (exact) mass is 300 g/mol. The summed E-state index contributed by atoms with van der Waals surface area (Å²) in [6.45, 7) is 0.976. The number of allylic oxidation sites excluding steroid dienone is 1. The molecule has 0 spiro atoms. The number of carbonyl (C=O) groups is 1. The normalized spacial score (nSPS) is 28.4. The van der Waals surface area contributed by atoms with E-state index in [0.717, 1.165) is 0 Å². The average molecular weight is 300 g/mol. The lowest BCUT2D eigenvalue weighted by molar-refractivity contribution is -0.119. The Morgan fingerprint density at radius 3 is 2.81 bits per heavy atom. The zero-order valence-electron chi connectivity index (χ0n) is 11.5. The van der Waals surface area contributed by atoms with Crippen LogP contribution in [0, 0.1) is 5.41 Å². The second-order valence-electron chi connectivity index (χ2n) is 4.49. The average Bonchev–Trinajstić information content (AvgIpc) is 2.46. The van der Waals surface area contributed by atoms with Crippen LogP contribution >= 0.6 is 0 Å². The zero-order chi connectivity index (χ0) is 16.0. The maximum Gasteiger partial charge on any atom is 0.186 e. The Labute approximate surface area is 121 Å². The molecule has 1 aliphatic heterocycles. The molecule has 0 amide bonds. The van der Waals surface area contributed by atoms with Gasteiger partial charge < -0.3 is 31.1 Å². The predicted octanol–water partition coefficient (Wildman–Crippen LogP) is -2.51. The Balaban J connectivity index is 3.12. The van der Waals surface area contributed by atoms with Gasteiger partial charge in [-0.1, -0.05) is 0 Å². The summed E-state index contributed by atoms with van der Waals surface area (Å²) in [7, 11) is 0. The molecule has 0 aromatic heterocycles. The molecule has 7 N–H and O–H groups in total. The van der Waals surface area contributed by atoms with Crippen molar-refractivity contribution in [3.05, 3.63) is 11.8 Å². The van der Waals surface area contributed by atoms with Crippen molar-refractivity contribution in [3.63, 3.8) is 0 Å². The first-order valence-corrected chi connectivity index (χ1v) is 6.33. The number of guanidine groups is 1. The molecular formula is C12H20N4O5. The Morgan fingerprint density at radius 1 is 1.67 bits per heavy atom. The zero-order valence-corrected chi connectivity index (χ0v) is 11.5. The van der Waals surface area contributed by atoms with Crippen LogP contribution in [0.5, 0.6) is 0 Å². The van der Waals surface area contributed by atoms with Crippen LogP contribution in [-0.2, 0) is 9.53 Å². The quantitative estimate of drug-likeness (QED) is 0.179. The van der Waals surface area contributed by atoms with Crippen molar-refractivity contribution < 1.29 is 24.9 Å². The fraction of sp³-hybridized carbons (Fsp3) is 0.583. The summed E-state index contributed by atoms with van der Waals surface area (Å²) in [5.41, 5.74) is 5.29. The maximum atomic E-state index is 10.9.